The van der Waals surface area contributed by atoms with Crippen molar-refractivity contribution in [3.05, 3.63) is 21.9 Å². The molecule has 0 fully saturated rings. The van der Waals surface area contributed by atoms with Gasteiger partial charge in [0.2, 0.25) is 11.8 Å². The molecule has 0 saturated carbocycles. The number of carbonyl (C=O) groups excluding carboxylic acids is 3. The average Bonchev–Trinajstić information content (AvgIpc) is 2.96. The van der Waals surface area contributed by atoms with Crippen LogP contribution in [0.5, 0.6) is 0 Å². The number of thiophene rings is 1. The summed E-state index contributed by atoms with van der Waals surface area (Å²) in [4.78, 5) is 38.9. The molecule has 23 heavy (non-hydrogen) atoms. The Morgan fingerprint density at radius 1 is 1.04 bits per heavy atom. The number of aryl methyl sites for hydroxylation is 1. The fraction of sp³-hybridized carbons (Fsp3) is 0.562. The molecule has 2 N–H and O–H groups in total. The van der Waals surface area contributed by atoms with Crippen LogP contribution in [0.1, 0.15) is 54.1 Å². The van der Waals surface area contributed by atoms with Gasteiger partial charge in [-0.05, 0) is 31.9 Å². The second kappa shape index (κ2) is 9.99. The van der Waals surface area contributed by atoms with Crippen LogP contribution in [0.15, 0.2) is 12.1 Å². The Bertz CT molecular complexity index is 536. The van der Waals surface area contributed by atoms with Crippen LogP contribution >= 0.6 is 11.3 Å². The molecule has 7 heteroatoms. The molecule has 1 aromatic heterocycles. The molecule has 0 atom stereocenters. The van der Waals surface area contributed by atoms with E-state index in [9.17, 15) is 14.4 Å². The molecule has 0 aliphatic carbocycles. The minimum absolute atomic E-state index is 0.0240. The SMILES string of the molecule is CCCN(CCC)C(=O)CCC(=O)NNC(=O)c1ccc(C)s1. The topological polar surface area (TPSA) is 78.5 Å². The Morgan fingerprint density at radius 3 is 2.22 bits per heavy atom. The Labute approximate surface area is 141 Å². The second-order valence-electron chi connectivity index (χ2n) is 5.29. The fourth-order valence-electron chi connectivity index (χ4n) is 2.09. The summed E-state index contributed by atoms with van der Waals surface area (Å²) in [7, 11) is 0. The van der Waals surface area contributed by atoms with Crippen molar-refractivity contribution in [1.82, 2.24) is 15.8 Å². The standard InChI is InChI=1S/C16H25N3O3S/c1-4-10-19(11-5-2)15(21)9-8-14(20)17-18-16(22)13-7-6-12(3)23-13/h6-7H,4-5,8-11H2,1-3H3,(H,17,20)(H,18,22). The smallest absolute Gasteiger partial charge is 0.279 e. The fourth-order valence-corrected chi connectivity index (χ4v) is 2.85. The number of nitrogens with one attached hydrogen (secondary N) is 2. The van der Waals surface area contributed by atoms with Crippen molar-refractivity contribution < 1.29 is 14.4 Å². The predicted molar refractivity (Wildman–Crippen MR) is 91.1 cm³/mol. The van der Waals surface area contributed by atoms with Gasteiger partial charge in [-0.3, -0.25) is 25.2 Å². The number of nitrogens with zero attached hydrogens (tertiary/aromatic N) is 1. The second-order valence-corrected chi connectivity index (χ2v) is 6.58. The summed E-state index contributed by atoms with van der Waals surface area (Å²) in [5.41, 5.74) is 4.71. The van der Waals surface area contributed by atoms with Crippen molar-refractivity contribution in [1.29, 1.82) is 0 Å². The predicted octanol–water partition coefficient (Wildman–Crippen LogP) is 2.25. The zero-order valence-electron chi connectivity index (χ0n) is 14.0. The third kappa shape index (κ3) is 6.81. The van der Waals surface area contributed by atoms with Gasteiger partial charge < -0.3 is 4.90 Å². The zero-order chi connectivity index (χ0) is 17.2. The lowest BCUT2D eigenvalue weighted by atomic mass is 10.2. The maximum atomic E-state index is 12.1. The lowest BCUT2D eigenvalue weighted by molar-refractivity contribution is -0.133. The Balaban J connectivity index is 2.33. The van der Waals surface area contributed by atoms with Crippen LogP contribution in [0.2, 0.25) is 0 Å². The monoisotopic (exact) mass is 339 g/mol. The quantitative estimate of drug-likeness (QED) is 0.713. The van der Waals surface area contributed by atoms with Gasteiger partial charge in [0, 0.05) is 30.8 Å². The Kier molecular flexibility index (Phi) is 8.32. The van der Waals surface area contributed by atoms with E-state index in [0.717, 1.165) is 17.7 Å². The molecule has 0 aliphatic rings. The van der Waals surface area contributed by atoms with Crippen LogP contribution in [0, 0.1) is 6.92 Å². The average molecular weight is 339 g/mol. The molecule has 0 aromatic carbocycles. The van der Waals surface area contributed by atoms with Gasteiger partial charge in [0.15, 0.2) is 0 Å². The third-order valence-corrected chi connectivity index (χ3v) is 4.18. The maximum absolute atomic E-state index is 12.1. The van der Waals surface area contributed by atoms with E-state index in [1.807, 2.05) is 26.8 Å². The van der Waals surface area contributed by atoms with E-state index in [0.29, 0.717) is 18.0 Å². The minimum atomic E-state index is -0.368. The van der Waals surface area contributed by atoms with Gasteiger partial charge in [-0.1, -0.05) is 13.8 Å². The number of carbonyl (C=O) groups is 3. The summed E-state index contributed by atoms with van der Waals surface area (Å²) in [6.07, 6.45) is 2.01. The first kappa shape index (κ1) is 19.2. The number of amides is 3. The van der Waals surface area contributed by atoms with Crippen LogP contribution in [0.4, 0.5) is 0 Å². The zero-order valence-corrected chi connectivity index (χ0v) is 14.8. The Hall–Kier alpha value is -1.89. The molecule has 128 valence electrons. The van der Waals surface area contributed by atoms with Crippen LogP contribution in [0.3, 0.4) is 0 Å². The van der Waals surface area contributed by atoms with Gasteiger partial charge in [-0.25, -0.2) is 0 Å². The Morgan fingerprint density at radius 2 is 1.70 bits per heavy atom. The molecule has 0 bridgehead atoms. The molecule has 0 spiro atoms. The summed E-state index contributed by atoms with van der Waals surface area (Å²) in [5.74, 6) is -0.738. The van der Waals surface area contributed by atoms with Gasteiger partial charge in [0.05, 0.1) is 4.88 Å². The first-order valence-electron chi connectivity index (χ1n) is 7.91. The first-order valence-corrected chi connectivity index (χ1v) is 8.73. The number of hydrogen-bond acceptors (Lipinski definition) is 4. The number of rotatable bonds is 8. The molecule has 3 amide bonds. The molecular weight excluding hydrogens is 314 g/mol. The van der Waals surface area contributed by atoms with Crippen molar-refractivity contribution in [3.63, 3.8) is 0 Å². The van der Waals surface area contributed by atoms with Gasteiger partial charge in [0.1, 0.15) is 0 Å². The van der Waals surface area contributed by atoms with E-state index in [-0.39, 0.29) is 30.6 Å². The molecule has 6 nitrogen and oxygen atoms in total. The van der Waals surface area contributed by atoms with Crippen molar-refractivity contribution >= 4 is 29.1 Å². The molecule has 1 rings (SSSR count). The highest BCUT2D eigenvalue weighted by Crippen LogP contribution is 2.14. The lowest BCUT2D eigenvalue weighted by Gasteiger charge is -2.21. The van der Waals surface area contributed by atoms with E-state index < -0.39 is 0 Å². The molecule has 0 saturated heterocycles. The van der Waals surface area contributed by atoms with Crippen LogP contribution < -0.4 is 10.9 Å². The molecule has 0 aliphatic heterocycles. The molecule has 1 aromatic rings. The van der Waals surface area contributed by atoms with E-state index in [4.69, 9.17) is 0 Å². The molecular formula is C16H25N3O3S. The normalized spacial score (nSPS) is 10.2. The summed E-state index contributed by atoms with van der Waals surface area (Å²) in [5, 5.41) is 0. The highest BCUT2D eigenvalue weighted by atomic mass is 32.1. The van der Waals surface area contributed by atoms with Crippen LogP contribution in [0.25, 0.3) is 0 Å². The van der Waals surface area contributed by atoms with E-state index in [1.54, 1.807) is 11.0 Å². The van der Waals surface area contributed by atoms with E-state index in [2.05, 4.69) is 10.9 Å². The summed E-state index contributed by atoms with van der Waals surface area (Å²) >= 11 is 1.36. The maximum Gasteiger partial charge on any atom is 0.279 e. The van der Waals surface area contributed by atoms with Crippen molar-refractivity contribution in [2.75, 3.05) is 13.1 Å². The molecule has 1 heterocycles. The van der Waals surface area contributed by atoms with Crippen LogP contribution in [-0.2, 0) is 9.59 Å². The van der Waals surface area contributed by atoms with Crippen molar-refractivity contribution in [3.8, 4) is 0 Å². The first-order chi connectivity index (χ1) is 11.0. The van der Waals surface area contributed by atoms with Gasteiger partial charge in [0.25, 0.3) is 5.91 Å². The van der Waals surface area contributed by atoms with Crippen molar-refractivity contribution in [2.24, 2.45) is 0 Å². The number of hydrazine groups is 1. The van der Waals surface area contributed by atoms with Crippen LogP contribution in [-0.4, -0.2) is 35.7 Å². The van der Waals surface area contributed by atoms with Gasteiger partial charge in [-0.2, -0.15) is 0 Å². The molecule has 0 radical (unpaired) electrons. The summed E-state index contributed by atoms with van der Waals surface area (Å²) in [6.45, 7) is 7.37. The van der Waals surface area contributed by atoms with Gasteiger partial charge >= 0.3 is 0 Å². The highest BCUT2D eigenvalue weighted by molar-refractivity contribution is 7.13. The summed E-state index contributed by atoms with van der Waals surface area (Å²) < 4.78 is 0. The van der Waals surface area contributed by atoms with E-state index in [1.165, 1.54) is 11.3 Å². The summed E-state index contributed by atoms with van der Waals surface area (Å²) in [6, 6.07) is 3.55. The van der Waals surface area contributed by atoms with Crippen molar-refractivity contribution in [2.45, 2.75) is 46.5 Å². The lowest BCUT2D eigenvalue weighted by Crippen LogP contribution is -2.42. The minimum Gasteiger partial charge on any atom is -0.343 e. The molecule has 0 unspecified atom stereocenters. The number of hydrogen-bond donors (Lipinski definition) is 2. The largest absolute Gasteiger partial charge is 0.343 e. The van der Waals surface area contributed by atoms with Gasteiger partial charge in [-0.15, -0.1) is 11.3 Å². The van der Waals surface area contributed by atoms with E-state index >= 15 is 0 Å². The highest BCUT2D eigenvalue weighted by Gasteiger charge is 2.14. The third-order valence-electron chi connectivity index (χ3n) is 3.19.